The molecule has 0 unspecified atom stereocenters. The fourth-order valence-electron chi connectivity index (χ4n) is 8.40. The van der Waals surface area contributed by atoms with E-state index in [0.717, 1.165) is 27.8 Å². The fourth-order valence-corrected chi connectivity index (χ4v) is 8.40. The van der Waals surface area contributed by atoms with Gasteiger partial charge in [0.15, 0.2) is 5.79 Å². The second-order valence-corrected chi connectivity index (χ2v) is 17.5. The van der Waals surface area contributed by atoms with Crippen molar-refractivity contribution in [1.82, 2.24) is 10.2 Å². The van der Waals surface area contributed by atoms with Crippen LogP contribution < -0.4 is 5.32 Å². The Morgan fingerprint density at radius 3 is 2.24 bits per heavy atom. The number of carbonyl (C=O) groups excluding carboxylic acids is 4. The Bertz CT molecular complexity index is 2310. The van der Waals surface area contributed by atoms with Gasteiger partial charge in [0.25, 0.3) is 0 Å². The van der Waals surface area contributed by atoms with E-state index >= 15 is 0 Å². The minimum atomic E-state index is -1.02. The van der Waals surface area contributed by atoms with Crippen LogP contribution in [0.15, 0.2) is 121 Å². The summed E-state index contributed by atoms with van der Waals surface area (Å²) in [6.07, 6.45) is 5.04. The van der Waals surface area contributed by atoms with Gasteiger partial charge in [0.2, 0.25) is 11.8 Å². The molecule has 1 aliphatic heterocycles. The lowest BCUT2D eigenvalue weighted by atomic mass is 9.90. The number of hydrogen-bond donors (Lipinski definition) is 3. The summed E-state index contributed by atoms with van der Waals surface area (Å²) in [6, 6.07) is 29.7. The first-order chi connectivity index (χ1) is 30.2. The zero-order valence-corrected chi connectivity index (χ0v) is 36.2. The van der Waals surface area contributed by atoms with Crippen LogP contribution in [0.4, 0.5) is 0 Å². The Hall–Kier alpha value is -6.08. The molecule has 0 aromatic heterocycles. The number of nitrogens with one attached hydrogen (secondary N) is 1. The van der Waals surface area contributed by atoms with E-state index in [0.29, 0.717) is 30.4 Å². The van der Waals surface area contributed by atoms with Gasteiger partial charge in [-0.2, -0.15) is 0 Å². The second-order valence-electron chi connectivity index (χ2n) is 17.5. The number of nitrogens with zero attached hydrogens (tertiary/aromatic N) is 1. The Morgan fingerprint density at radius 1 is 0.905 bits per heavy atom. The van der Waals surface area contributed by atoms with Crippen LogP contribution in [0.2, 0.25) is 0 Å². The van der Waals surface area contributed by atoms with E-state index in [-0.39, 0.29) is 31.4 Å². The predicted molar refractivity (Wildman–Crippen MR) is 236 cm³/mol. The van der Waals surface area contributed by atoms with E-state index in [2.05, 4.69) is 5.32 Å². The second kappa shape index (κ2) is 19.5. The predicted octanol–water partition coefficient (Wildman–Crippen LogP) is 6.45. The number of aliphatic hydroxyl groups is 1. The summed E-state index contributed by atoms with van der Waals surface area (Å²) in [5, 5.41) is 23.2. The third kappa shape index (κ3) is 11.3. The Kier molecular flexibility index (Phi) is 13.9. The number of aromatic hydroxyl groups is 1. The number of aliphatic hydroxyl groups excluding tert-OH is 1. The van der Waals surface area contributed by atoms with E-state index in [1.165, 1.54) is 4.90 Å². The van der Waals surface area contributed by atoms with Gasteiger partial charge in [0.1, 0.15) is 35.7 Å². The third-order valence-corrected chi connectivity index (χ3v) is 11.6. The molecule has 7 rings (SSSR count). The van der Waals surface area contributed by atoms with Crippen LogP contribution in [0, 0.1) is 0 Å². The number of para-hydroxylation sites is 1. The van der Waals surface area contributed by atoms with Gasteiger partial charge < -0.3 is 39.4 Å². The number of allylic oxidation sites excluding steroid dienone is 1. The molecule has 4 aromatic carbocycles. The summed E-state index contributed by atoms with van der Waals surface area (Å²) in [5.74, 6) is -2.78. The molecule has 1 saturated heterocycles. The number of likely N-dealkylation sites (N-methyl/N-ethyl adjacent to an activating group) is 1. The molecule has 3 N–H and O–H groups in total. The number of carbonyl (C=O) groups is 4. The molecule has 0 bridgehead atoms. The van der Waals surface area contributed by atoms with Gasteiger partial charge in [0, 0.05) is 44.7 Å². The maximum absolute atomic E-state index is 14.7. The van der Waals surface area contributed by atoms with E-state index in [4.69, 9.17) is 18.9 Å². The molecule has 12 nitrogen and oxygen atoms in total. The Balaban J connectivity index is 1.10. The number of phenols is 1. The van der Waals surface area contributed by atoms with Gasteiger partial charge in [-0.15, -0.1) is 0 Å². The minimum Gasteiger partial charge on any atom is -0.508 e. The Morgan fingerprint density at radius 2 is 1.57 bits per heavy atom. The average Bonchev–Trinajstić information content (AvgIpc) is 3.82. The molecule has 330 valence electrons. The smallest absolute Gasteiger partial charge is 0.338 e. The summed E-state index contributed by atoms with van der Waals surface area (Å²) in [4.78, 5) is 56.5. The van der Waals surface area contributed by atoms with Crippen LogP contribution in [0.1, 0.15) is 78.2 Å². The molecular formula is C51H56N2O10. The first kappa shape index (κ1) is 45.0. The molecule has 0 radical (unpaired) electrons. The number of benzene rings is 4. The normalized spacial score (nSPS) is 19.7. The van der Waals surface area contributed by atoms with Gasteiger partial charge in [-0.1, -0.05) is 97.1 Å². The lowest BCUT2D eigenvalue weighted by Gasteiger charge is -2.34. The summed E-state index contributed by atoms with van der Waals surface area (Å²) in [7, 11) is 1.55. The standard InChI is InChI=1S/C51H56N2O10/c1-50(2,3)62-45(56)26-25-40(32-54)52-47(57)41(27-34-13-6-5-7-14-34)53(4)48(58)39-28-43(46-44(29-39)61-51(63-46)30-37-17-8-9-18-38(37)31-51)60-49(59)36-23-21-33(22-24-36)15-12-19-35-16-10-11-20-42(35)55/h5-18,20-24,29,40-41,43-44,46,54-55H,19,25-28,30-32H2,1-4H3,(H,52,57)/t40-,41+,43+,44+,46-/m0/s1. The van der Waals surface area contributed by atoms with Crippen LogP contribution in [0.5, 0.6) is 5.75 Å². The van der Waals surface area contributed by atoms with Crippen LogP contribution in [-0.4, -0.2) is 94.3 Å². The summed E-state index contributed by atoms with van der Waals surface area (Å²) >= 11 is 0. The van der Waals surface area contributed by atoms with Crippen LogP contribution in [0.25, 0.3) is 6.08 Å². The maximum Gasteiger partial charge on any atom is 0.338 e. The fraction of sp³-hybridized carbons (Fsp3) is 0.373. The molecule has 2 amide bonds. The number of hydrogen-bond acceptors (Lipinski definition) is 10. The van der Waals surface area contributed by atoms with Crippen molar-refractivity contribution in [3.63, 3.8) is 0 Å². The zero-order valence-electron chi connectivity index (χ0n) is 36.2. The molecular weight excluding hydrogens is 801 g/mol. The number of rotatable bonds is 15. The first-order valence-electron chi connectivity index (χ1n) is 21.5. The third-order valence-electron chi connectivity index (χ3n) is 11.6. The first-order valence-corrected chi connectivity index (χ1v) is 21.5. The zero-order chi connectivity index (χ0) is 44.7. The highest BCUT2D eigenvalue weighted by molar-refractivity contribution is 5.97. The minimum absolute atomic E-state index is 0.00442. The SMILES string of the molecule is CN(C(=O)C1=C[C@H]2OC3(Cc4ccccc4C3)O[C@H]2[C@H](OC(=O)c2ccc(C=CCc3ccccc3O)cc2)C1)[C@H](Cc1ccccc1)C(=O)N[C@H](CO)CCC(=O)OC(C)(C)C. The number of amides is 2. The molecule has 12 heteroatoms. The van der Waals surface area contributed by atoms with E-state index in [1.54, 1.807) is 58.2 Å². The van der Waals surface area contributed by atoms with Crippen molar-refractivity contribution >= 4 is 29.8 Å². The molecule has 63 heavy (non-hydrogen) atoms. The topological polar surface area (TPSA) is 161 Å². The average molecular weight is 857 g/mol. The number of esters is 2. The van der Waals surface area contributed by atoms with Gasteiger partial charge in [-0.3, -0.25) is 14.4 Å². The van der Waals surface area contributed by atoms with E-state index in [1.807, 2.05) is 91.0 Å². The molecule has 4 aromatic rings. The summed E-state index contributed by atoms with van der Waals surface area (Å²) in [5.41, 5.74) is 4.60. The van der Waals surface area contributed by atoms with Crippen molar-refractivity contribution in [2.24, 2.45) is 0 Å². The Labute approximate surface area is 368 Å². The van der Waals surface area contributed by atoms with E-state index in [9.17, 15) is 29.4 Å². The lowest BCUT2D eigenvalue weighted by molar-refractivity contribution is -0.172. The highest BCUT2D eigenvalue weighted by atomic mass is 16.8. The summed E-state index contributed by atoms with van der Waals surface area (Å²) in [6.45, 7) is 4.88. The van der Waals surface area contributed by atoms with Gasteiger partial charge in [-0.05, 0) is 85.7 Å². The van der Waals surface area contributed by atoms with Gasteiger partial charge in [0.05, 0.1) is 18.2 Å². The van der Waals surface area contributed by atoms with Crippen molar-refractivity contribution in [2.45, 2.75) is 108 Å². The number of fused-ring (bicyclic) bond motifs is 2. The molecule has 3 aliphatic rings. The maximum atomic E-state index is 14.7. The summed E-state index contributed by atoms with van der Waals surface area (Å²) < 4.78 is 25.0. The van der Waals surface area contributed by atoms with Crippen LogP contribution in [0.3, 0.4) is 0 Å². The van der Waals surface area contributed by atoms with Crippen molar-refractivity contribution < 1.29 is 48.3 Å². The van der Waals surface area contributed by atoms with E-state index < -0.39 is 72.1 Å². The number of ether oxygens (including phenoxy) is 4. The molecule has 2 aliphatic carbocycles. The molecule has 0 saturated carbocycles. The molecule has 1 fully saturated rings. The monoisotopic (exact) mass is 856 g/mol. The quantitative estimate of drug-likeness (QED) is 0.113. The number of phenolic OH excluding ortho intramolecular Hbond substituents is 1. The van der Waals surface area contributed by atoms with Crippen molar-refractivity contribution in [1.29, 1.82) is 0 Å². The highest BCUT2D eigenvalue weighted by Crippen LogP contribution is 2.45. The highest BCUT2D eigenvalue weighted by Gasteiger charge is 2.55. The van der Waals surface area contributed by atoms with Crippen LogP contribution >= 0.6 is 0 Å². The molecule has 5 atom stereocenters. The van der Waals surface area contributed by atoms with Crippen molar-refractivity contribution in [2.75, 3.05) is 13.7 Å². The van der Waals surface area contributed by atoms with Gasteiger partial charge >= 0.3 is 11.9 Å². The lowest BCUT2D eigenvalue weighted by Crippen LogP contribution is -2.53. The van der Waals surface area contributed by atoms with Crippen molar-refractivity contribution in [3.8, 4) is 5.75 Å². The van der Waals surface area contributed by atoms with Crippen LogP contribution in [-0.2, 0) is 59.0 Å². The molecule has 1 heterocycles. The largest absolute Gasteiger partial charge is 0.508 e. The van der Waals surface area contributed by atoms with Gasteiger partial charge in [-0.25, -0.2) is 4.79 Å². The molecule has 1 spiro atoms. The van der Waals surface area contributed by atoms with Crippen molar-refractivity contribution in [3.05, 3.63) is 154 Å².